The van der Waals surface area contributed by atoms with E-state index in [1.807, 2.05) is 6.92 Å². The van der Waals surface area contributed by atoms with Gasteiger partial charge in [0.25, 0.3) is 0 Å². The number of nitrogens with zero attached hydrogens (tertiary/aromatic N) is 1. The summed E-state index contributed by atoms with van der Waals surface area (Å²) in [7, 11) is 0. The van der Waals surface area contributed by atoms with Gasteiger partial charge < -0.3 is 10.2 Å². The van der Waals surface area contributed by atoms with Crippen molar-refractivity contribution in [3.05, 3.63) is 33.8 Å². The minimum absolute atomic E-state index is 0.0604. The first kappa shape index (κ1) is 21.0. The smallest absolute Gasteiger partial charge is 0.242 e. The molecule has 6 heteroatoms. The molecule has 1 aromatic carbocycles. The highest BCUT2D eigenvalue weighted by Gasteiger charge is 2.28. The zero-order valence-corrected chi connectivity index (χ0v) is 17.1. The third kappa shape index (κ3) is 5.62. The molecule has 26 heavy (non-hydrogen) atoms. The van der Waals surface area contributed by atoms with Crippen LogP contribution in [-0.4, -0.2) is 28.8 Å². The van der Waals surface area contributed by atoms with Crippen LogP contribution in [0, 0.1) is 0 Å². The summed E-state index contributed by atoms with van der Waals surface area (Å²) in [5.41, 5.74) is 0.678. The molecule has 1 fully saturated rings. The van der Waals surface area contributed by atoms with Crippen LogP contribution in [0.1, 0.15) is 64.4 Å². The normalized spacial score (nSPS) is 16.2. The molecule has 1 aromatic rings. The van der Waals surface area contributed by atoms with Gasteiger partial charge in [0.1, 0.15) is 6.04 Å². The molecule has 1 aliphatic carbocycles. The Morgan fingerprint density at radius 1 is 1.19 bits per heavy atom. The van der Waals surface area contributed by atoms with Crippen molar-refractivity contribution in [1.29, 1.82) is 0 Å². The van der Waals surface area contributed by atoms with Gasteiger partial charge in [-0.1, -0.05) is 55.5 Å². The Bertz CT molecular complexity index is 610. The number of amides is 2. The average Bonchev–Trinajstić information content (AvgIpc) is 2.62. The van der Waals surface area contributed by atoms with Gasteiger partial charge in [-0.2, -0.15) is 0 Å². The fourth-order valence-electron chi connectivity index (χ4n) is 3.36. The van der Waals surface area contributed by atoms with Crippen molar-refractivity contribution in [2.45, 2.75) is 77.4 Å². The van der Waals surface area contributed by atoms with Crippen LogP contribution in [0.4, 0.5) is 0 Å². The first-order chi connectivity index (χ1) is 12.4. The van der Waals surface area contributed by atoms with E-state index in [0.29, 0.717) is 22.0 Å². The molecule has 1 saturated carbocycles. The van der Waals surface area contributed by atoms with Crippen LogP contribution in [0.25, 0.3) is 0 Å². The Hall–Kier alpha value is -1.26. The lowest BCUT2D eigenvalue weighted by Crippen LogP contribution is -2.50. The molecule has 1 aliphatic rings. The molecule has 1 atom stereocenters. The van der Waals surface area contributed by atoms with E-state index >= 15 is 0 Å². The van der Waals surface area contributed by atoms with Crippen molar-refractivity contribution >= 4 is 35.0 Å². The first-order valence-electron chi connectivity index (χ1n) is 9.46. The van der Waals surface area contributed by atoms with Crippen LogP contribution in [-0.2, 0) is 16.1 Å². The van der Waals surface area contributed by atoms with Crippen LogP contribution in [0.2, 0.25) is 10.0 Å². The molecule has 0 spiro atoms. The lowest BCUT2D eigenvalue weighted by atomic mass is 9.95. The van der Waals surface area contributed by atoms with Crippen LogP contribution in [0.5, 0.6) is 0 Å². The van der Waals surface area contributed by atoms with Gasteiger partial charge in [0, 0.05) is 34.6 Å². The number of carbonyl (C=O) groups is 2. The van der Waals surface area contributed by atoms with E-state index in [1.165, 1.54) is 6.42 Å². The Morgan fingerprint density at radius 2 is 1.81 bits per heavy atom. The van der Waals surface area contributed by atoms with Crippen molar-refractivity contribution in [2.75, 3.05) is 0 Å². The van der Waals surface area contributed by atoms with E-state index in [1.54, 1.807) is 30.0 Å². The minimum atomic E-state index is -0.566. The maximum atomic E-state index is 12.8. The zero-order chi connectivity index (χ0) is 19.1. The molecule has 0 aromatic heterocycles. The topological polar surface area (TPSA) is 49.4 Å². The number of hydrogen-bond donors (Lipinski definition) is 1. The zero-order valence-electron chi connectivity index (χ0n) is 15.6. The van der Waals surface area contributed by atoms with E-state index in [2.05, 4.69) is 5.32 Å². The lowest BCUT2D eigenvalue weighted by molar-refractivity contribution is -0.141. The summed E-state index contributed by atoms with van der Waals surface area (Å²) in [6.45, 7) is 3.96. The highest BCUT2D eigenvalue weighted by Crippen LogP contribution is 2.27. The highest BCUT2D eigenvalue weighted by molar-refractivity contribution is 6.36. The molecule has 0 aliphatic heterocycles. The third-order valence-electron chi connectivity index (χ3n) is 4.97. The van der Waals surface area contributed by atoms with Gasteiger partial charge in [-0.15, -0.1) is 0 Å². The molecule has 144 valence electrons. The second-order valence-corrected chi connectivity index (χ2v) is 7.81. The first-order valence-corrected chi connectivity index (χ1v) is 10.2. The van der Waals surface area contributed by atoms with E-state index in [9.17, 15) is 9.59 Å². The molecule has 2 rings (SSSR count). The van der Waals surface area contributed by atoms with Crippen molar-refractivity contribution in [2.24, 2.45) is 0 Å². The van der Waals surface area contributed by atoms with Crippen molar-refractivity contribution in [1.82, 2.24) is 10.2 Å². The standard InChI is InChI=1S/C20H28Cl2N2O2/c1-3-8-19(25)24(13-16-17(21)11-7-12-18(16)22)14(2)20(26)23-15-9-5-4-6-10-15/h7,11-12,14-15H,3-6,8-10,13H2,1-2H3,(H,23,26)/t14-/m1/s1. The van der Waals surface area contributed by atoms with E-state index in [-0.39, 0.29) is 24.4 Å². The second kappa shape index (κ2) is 10.2. The number of nitrogens with one attached hydrogen (secondary N) is 1. The molecular weight excluding hydrogens is 371 g/mol. The summed E-state index contributed by atoms with van der Waals surface area (Å²) in [6, 6.07) is 4.91. The van der Waals surface area contributed by atoms with Gasteiger partial charge in [-0.25, -0.2) is 0 Å². The molecule has 0 saturated heterocycles. The van der Waals surface area contributed by atoms with Crippen LogP contribution in [0.3, 0.4) is 0 Å². The number of carbonyl (C=O) groups excluding carboxylic acids is 2. The monoisotopic (exact) mass is 398 g/mol. The van der Waals surface area contributed by atoms with Crippen molar-refractivity contribution in [3.8, 4) is 0 Å². The number of halogens is 2. The van der Waals surface area contributed by atoms with Crippen LogP contribution >= 0.6 is 23.2 Å². The fourth-order valence-corrected chi connectivity index (χ4v) is 3.88. The van der Waals surface area contributed by atoms with E-state index < -0.39 is 6.04 Å². The summed E-state index contributed by atoms with van der Waals surface area (Å²) in [5.74, 6) is -0.167. The van der Waals surface area contributed by atoms with Gasteiger partial charge >= 0.3 is 0 Å². The van der Waals surface area contributed by atoms with Crippen LogP contribution in [0.15, 0.2) is 18.2 Å². The molecular formula is C20H28Cl2N2O2. The second-order valence-electron chi connectivity index (χ2n) is 6.99. The number of rotatable bonds is 7. The number of hydrogen-bond acceptors (Lipinski definition) is 2. The third-order valence-corrected chi connectivity index (χ3v) is 5.68. The average molecular weight is 399 g/mol. The predicted octanol–water partition coefficient (Wildman–Crippen LogP) is 4.96. The molecule has 0 heterocycles. The molecule has 2 amide bonds. The SMILES string of the molecule is CCCC(=O)N(Cc1c(Cl)cccc1Cl)[C@H](C)C(=O)NC1CCCCC1. The maximum Gasteiger partial charge on any atom is 0.242 e. The van der Waals surface area contributed by atoms with Crippen LogP contribution < -0.4 is 5.32 Å². The van der Waals surface area contributed by atoms with Gasteiger partial charge in [-0.3, -0.25) is 9.59 Å². The Balaban J connectivity index is 2.14. The molecule has 1 N–H and O–H groups in total. The molecule has 4 nitrogen and oxygen atoms in total. The quantitative estimate of drug-likeness (QED) is 0.705. The molecule has 0 bridgehead atoms. The Kier molecular flexibility index (Phi) is 8.23. The highest BCUT2D eigenvalue weighted by atomic mass is 35.5. The summed E-state index contributed by atoms with van der Waals surface area (Å²) >= 11 is 12.5. The number of benzene rings is 1. The summed E-state index contributed by atoms with van der Waals surface area (Å²) in [6.07, 6.45) is 6.66. The maximum absolute atomic E-state index is 12.8. The summed E-state index contributed by atoms with van der Waals surface area (Å²) in [4.78, 5) is 27.0. The largest absolute Gasteiger partial charge is 0.352 e. The van der Waals surface area contributed by atoms with Gasteiger partial charge in [-0.05, 0) is 38.3 Å². The van der Waals surface area contributed by atoms with Crippen molar-refractivity contribution < 1.29 is 9.59 Å². The van der Waals surface area contributed by atoms with E-state index in [4.69, 9.17) is 23.2 Å². The Morgan fingerprint density at radius 3 is 2.38 bits per heavy atom. The van der Waals surface area contributed by atoms with Gasteiger partial charge in [0.2, 0.25) is 11.8 Å². The lowest BCUT2D eigenvalue weighted by Gasteiger charge is -2.31. The van der Waals surface area contributed by atoms with Gasteiger partial charge in [0.15, 0.2) is 0 Å². The van der Waals surface area contributed by atoms with Crippen molar-refractivity contribution in [3.63, 3.8) is 0 Å². The molecule has 0 unspecified atom stereocenters. The summed E-state index contributed by atoms with van der Waals surface area (Å²) in [5, 5.41) is 4.12. The summed E-state index contributed by atoms with van der Waals surface area (Å²) < 4.78 is 0. The van der Waals surface area contributed by atoms with E-state index in [0.717, 1.165) is 32.1 Å². The van der Waals surface area contributed by atoms with Gasteiger partial charge in [0.05, 0.1) is 0 Å². The Labute approximate surface area is 166 Å². The molecule has 0 radical (unpaired) electrons. The fraction of sp³-hybridized carbons (Fsp3) is 0.600. The minimum Gasteiger partial charge on any atom is -0.352 e. The predicted molar refractivity (Wildman–Crippen MR) is 106 cm³/mol.